The van der Waals surface area contributed by atoms with Crippen LogP contribution < -0.4 is 3.07 Å². The van der Waals surface area contributed by atoms with Crippen LogP contribution in [0.5, 0.6) is 5.75 Å². The Balaban J connectivity index is 1.52. The highest BCUT2D eigenvalue weighted by Crippen LogP contribution is 2.57. The van der Waals surface area contributed by atoms with E-state index in [1.54, 1.807) is 5.56 Å². The highest BCUT2D eigenvalue weighted by atomic mass is 127. The second-order valence-corrected chi connectivity index (χ2v) is 8.45. The van der Waals surface area contributed by atoms with Gasteiger partial charge in [-0.15, -0.1) is 0 Å². The maximum Gasteiger partial charge on any atom is 0.199 e. The van der Waals surface area contributed by atoms with E-state index in [1.165, 1.54) is 37.7 Å². The van der Waals surface area contributed by atoms with Crippen LogP contribution in [0.1, 0.15) is 50.2 Å². The Kier molecular flexibility index (Phi) is 4.27. The van der Waals surface area contributed by atoms with Crippen molar-refractivity contribution in [1.82, 2.24) is 4.90 Å². The van der Waals surface area contributed by atoms with Crippen LogP contribution >= 0.6 is 23.0 Å². The topological polar surface area (TPSA) is 34.2 Å². The van der Waals surface area contributed by atoms with Gasteiger partial charge in [0.05, 0.1) is 0 Å². The van der Waals surface area contributed by atoms with Crippen LogP contribution in [0.15, 0.2) is 18.2 Å². The van der Waals surface area contributed by atoms with Crippen LogP contribution in [0.4, 0.5) is 0 Å². The van der Waals surface area contributed by atoms with Crippen molar-refractivity contribution in [2.45, 2.75) is 69.4 Å². The molecule has 0 radical (unpaired) electrons. The van der Waals surface area contributed by atoms with Crippen LogP contribution in [0.3, 0.4) is 0 Å². The third-order valence-electron chi connectivity index (χ3n) is 7.03. The first kappa shape index (κ1) is 16.8. The van der Waals surface area contributed by atoms with Gasteiger partial charge in [-0.2, -0.15) is 0 Å². The van der Waals surface area contributed by atoms with Crippen molar-refractivity contribution in [1.29, 1.82) is 0 Å². The average molecular weight is 455 g/mol. The molecule has 4 aliphatic rings. The van der Waals surface area contributed by atoms with Gasteiger partial charge in [0.15, 0.2) is 35.5 Å². The van der Waals surface area contributed by atoms with Crippen molar-refractivity contribution in [2.24, 2.45) is 5.92 Å². The van der Waals surface area contributed by atoms with E-state index in [9.17, 15) is 0 Å². The van der Waals surface area contributed by atoms with Crippen LogP contribution in [0, 0.1) is 5.92 Å². The summed E-state index contributed by atoms with van der Waals surface area (Å²) in [5.41, 5.74) is 3.47. The summed E-state index contributed by atoms with van der Waals surface area (Å²) in [6.45, 7) is 3.91. The van der Waals surface area contributed by atoms with Gasteiger partial charge in [0, 0.05) is 24.6 Å². The third-order valence-corrected chi connectivity index (χ3v) is 7.54. The molecular formula is C20H26INO3. The molecule has 5 heteroatoms. The number of halogens is 1. The number of nitrogens with zero attached hydrogens (tertiary/aromatic N) is 1. The minimum Gasteiger partial charge on any atom is -0.428 e. The van der Waals surface area contributed by atoms with E-state index in [4.69, 9.17) is 12.5 Å². The molecule has 2 aliphatic heterocycles. The number of hydrogen-bond acceptors (Lipinski definition) is 4. The molecule has 4 nitrogen and oxygen atoms in total. The molecule has 2 heterocycles. The fourth-order valence-electron chi connectivity index (χ4n) is 5.99. The highest BCUT2D eigenvalue weighted by molar-refractivity contribution is 14.1. The second-order valence-electron chi connectivity index (χ2n) is 8.01. The molecule has 1 aromatic carbocycles. The van der Waals surface area contributed by atoms with Crippen molar-refractivity contribution in [3.05, 3.63) is 29.3 Å². The molecule has 0 amide bonds. The van der Waals surface area contributed by atoms with Crippen molar-refractivity contribution >= 4 is 23.0 Å². The lowest BCUT2D eigenvalue weighted by Gasteiger charge is -2.58. The number of epoxide rings is 1. The zero-order valence-corrected chi connectivity index (χ0v) is 16.9. The first-order valence-electron chi connectivity index (χ1n) is 9.71. The maximum absolute atomic E-state index is 5.87. The van der Waals surface area contributed by atoms with E-state index in [0.717, 1.165) is 31.2 Å². The number of rotatable bonds is 4. The number of ether oxygens (including phenoxy) is 2. The summed E-state index contributed by atoms with van der Waals surface area (Å²) in [5.74, 6) is 1.75. The predicted octanol–water partition coefficient (Wildman–Crippen LogP) is 4.19. The molecule has 0 spiro atoms. The van der Waals surface area contributed by atoms with Gasteiger partial charge in [-0.05, 0) is 61.8 Å². The van der Waals surface area contributed by atoms with Gasteiger partial charge in [0.25, 0.3) is 0 Å². The van der Waals surface area contributed by atoms with E-state index in [-0.39, 0.29) is 12.5 Å². The Labute approximate surface area is 163 Å². The predicted molar refractivity (Wildman–Crippen MR) is 104 cm³/mol. The van der Waals surface area contributed by atoms with Crippen molar-refractivity contribution in [3.63, 3.8) is 0 Å². The summed E-state index contributed by atoms with van der Waals surface area (Å²) in [5, 5.41) is 0. The van der Waals surface area contributed by atoms with Gasteiger partial charge in [0.1, 0.15) is 5.75 Å². The molecule has 25 heavy (non-hydrogen) atoms. The van der Waals surface area contributed by atoms with E-state index >= 15 is 0 Å². The minimum atomic E-state index is -0.00251. The summed E-state index contributed by atoms with van der Waals surface area (Å²) < 4.78 is 17.1. The molecule has 5 rings (SSSR count). The van der Waals surface area contributed by atoms with Crippen molar-refractivity contribution in [2.75, 3.05) is 13.2 Å². The van der Waals surface area contributed by atoms with E-state index in [2.05, 4.69) is 23.1 Å². The van der Waals surface area contributed by atoms with Gasteiger partial charge >= 0.3 is 0 Å². The molecule has 2 aliphatic carbocycles. The Bertz CT molecular complexity index is 668. The first-order chi connectivity index (χ1) is 12.3. The minimum absolute atomic E-state index is 0.00251. The Hall–Kier alpha value is -0.370. The van der Waals surface area contributed by atoms with Crippen LogP contribution in [0.2, 0.25) is 0 Å². The molecule has 1 saturated carbocycles. The standard InChI is InChI=1S/C20H26INO3/c1-2-23-19-18(24-19)22-10-9-20-8-4-3-5-15(20)17(22)11-13-6-7-14(25-21)12-16(13)20/h6-7,12,15,17-19H,2-5,8-11H2,1H3/t15?,17-,18?,19?,20-/m0/s1. The molecule has 3 fully saturated rings. The lowest BCUT2D eigenvalue weighted by molar-refractivity contribution is -0.0342. The zero-order chi connectivity index (χ0) is 17.0. The van der Waals surface area contributed by atoms with Gasteiger partial charge in [-0.25, -0.2) is 0 Å². The fraction of sp³-hybridized carbons (Fsp3) is 0.700. The largest absolute Gasteiger partial charge is 0.428 e. The van der Waals surface area contributed by atoms with E-state index < -0.39 is 0 Å². The number of hydrogen-bond donors (Lipinski definition) is 0. The third kappa shape index (κ3) is 2.57. The SMILES string of the molecule is CCOC1OC1N1CC[C@@]23CCCCC2[C@@H]1Cc1ccc(OI)cc13. The normalized spacial score (nSPS) is 39.4. The highest BCUT2D eigenvalue weighted by Gasteiger charge is 2.58. The maximum atomic E-state index is 5.87. The Morgan fingerprint density at radius 2 is 2.24 bits per heavy atom. The van der Waals surface area contributed by atoms with Crippen LogP contribution in [-0.2, 0) is 21.3 Å². The Morgan fingerprint density at radius 1 is 1.32 bits per heavy atom. The molecule has 0 aromatic heterocycles. The molecule has 5 atom stereocenters. The monoisotopic (exact) mass is 455 g/mol. The molecule has 2 bridgehead atoms. The molecule has 2 saturated heterocycles. The van der Waals surface area contributed by atoms with Gasteiger partial charge in [0.2, 0.25) is 0 Å². The average Bonchev–Trinajstić information content (AvgIpc) is 3.41. The van der Waals surface area contributed by atoms with E-state index in [1.807, 2.05) is 29.9 Å². The van der Waals surface area contributed by atoms with Gasteiger partial charge in [-0.3, -0.25) is 4.90 Å². The first-order valence-corrected chi connectivity index (χ1v) is 10.6. The van der Waals surface area contributed by atoms with Gasteiger partial charge < -0.3 is 12.5 Å². The Morgan fingerprint density at radius 3 is 3.08 bits per heavy atom. The number of likely N-dealkylation sites (tertiary alicyclic amines) is 1. The summed E-state index contributed by atoms with van der Waals surface area (Å²) in [4.78, 5) is 2.63. The zero-order valence-electron chi connectivity index (χ0n) is 14.7. The number of piperidine rings is 1. The molecule has 136 valence electrons. The second kappa shape index (κ2) is 6.36. The number of benzene rings is 1. The summed E-state index contributed by atoms with van der Waals surface area (Å²) in [6.07, 6.45) is 7.98. The molecule has 3 unspecified atom stereocenters. The smallest absolute Gasteiger partial charge is 0.199 e. The summed E-state index contributed by atoms with van der Waals surface area (Å²) >= 11 is 2.00. The van der Waals surface area contributed by atoms with Crippen LogP contribution in [0.25, 0.3) is 0 Å². The summed E-state index contributed by atoms with van der Waals surface area (Å²) in [6, 6.07) is 7.37. The van der Waals surface area contributed by atoms with Crippen LogP contribution in [-0.4, -0.2) is 36.6 Å². The number of fused-ring (bicyclic) bond motifs is 1. The van der Waals surface area contributed by atoms with Crippen molar-refractivity contribution < 1.29 is 12.5 Å². The fourth-order valence-corrected chi connectivity index (χ4v) is 6.26. The molecule has 1 aromatic rings. The van der Waals surface area contributed by atoms with E-state index in [0.29, 0.717) is 11.5 Å². The lowest BCUT2D eigenvalue weighted by Crippen LogP contribution is -2.61. The quantitative estimate of drug-likeness (QED) is 0.504. The lowest BCUT2D eigenvalue weighted by atomic mass is 9.52. The van der Waals surface area contributed by atoms with Crippen molar-refractivity contribution in [3.8, 4) is 5.75 Å². The molecule has 0 N–H and O–H groups in total. The van der Waals surface area contributed by atoms with Gasteiger partial charge in [-0.1, -0.05) is 18.9 Å². The molecular weight excluding hydrogens is 429 g/mol. The summed E-state index contributed by atoms with van der Waals surface area (Å²) in [7, 11) is 0.